The van der Waals surface area contributed by atoms with E-state index in [0.717, 1.165) is 29.7 Å². The van der Waals surface area contributed by atoms with Gasteiger partial charge in [-0.25, -0.2) is 13.1 Å². The molecule has 2 aromatic heterocycles. The Balaban J connectivity index is 1.41. The normalized spacial score (nSPS) is 14.5. The van der Waals surface area contributed by atoms with Crippen LogP contribution in [0.4, 0.5) is 0 Å². The van der Waals surface area contributed by atoms with Crippen molar-refractivity contribution in [3.8, 4) is 16.9 Å². The summed E-state index contributed by atoms with van der Waals surface area (Å²) in [5.74, 6) is -0.222. The van der Waals surface area contributed by atoms with Gasteiger partial charge in [0.2, 0.25) is 10.0 Å². The molecule has 0 N–H and O–H groups in total. The second kappa shape index (κ2) is 9.77. The van der Waals surface area contributed by atoms with E-state index in [2.05, 4.69) is 4.98 Å². The number of pyridine rings is 1. The van der Waals surface area contributed by atoms with E-state index in [4.69, 9.17) is 5.10 Å². The molecule has 7 nitrogen and oxygen atoms in total. The summed E-state index contributed by atoms with van der Waals surface area (Å²) in [4.78, 5) is 17.3. The third-order valence-electron chi connectivity index (χ3n) is 5.95. The second-order valence-electron chi connectivity index (χ2n) is 8.29. The van der Waals surface area contributed by atoms with Crippen LogP contribution in [-0.4, -0.2) is 46.4 Å². The molecule has 0 unspecified atom stereocenters. The summed E-state index contributed by atoms with van der Waals surface area (Å²) in [6.45, 7) is 1.09. The Morgan fingerprint density at radius 2 is 1.66 bits per heavy atom. The van der Waals surface area contributed by atoms with E-state index in [1.165, 1.54) is 22.5 Å². The predicted molar refractivity (Wildman–Crippen MR) is 135 cm³/mol. The Hall–Kier alpha value is -3.88. The molecule has 0 aliphatic carbocycles. The van der Waals surface area contributed by atoms with E-state index < -0.39 is 10.0 Å². The van der Waals surface area contributed by atoms with Gasteiger partial charge in [-0.3, -0.25) is 9.78 Å². The maximum absolute atomic E-state index is 12.9. The van der Waals surface area contributed by atoms with Crippen molar-refractivity contribution in [1.29, 1.82) is 0 Å². The minimum atomic E-state index is -3.51. The zero-order valence-corrected chi connectivity index (χ0v) is 19.8. The SMILES string of the molecule is O=C(/C=C/c1cn(-c2ccccc2)nc1-c1cccnc1)c1ccc(S(=O)(=O)N2CCCC2)cc1. The van der Waals surface area contributed by atoms with Crippen LogP contribution in [0.15, 0.2) is 96.3 Å². The van der Waals surface area contributed by atoms with Gasteiger partial charge in [0.1, 0.15) is 5.69 Å². The van der Waals surface area contributed by atoms with Crippen LogP contribution in [-0.2, 0) is 10.0 Å². The van der Waals surface area contributed by atoms with Gasteiger partial charge in [0.15, 0.2) is 5.78 Å². The summed E-state index contributed by atoms with van der Waals surface area (Å²) in [7, 11) is -3.51. The Morgan fingerprint density at radius 1 is 0.914 bits per heavy atom. The molecule has 0 saturated carbocycles. The number of rotatable bonds is 7. The first-order chi connectivity index (χ1) is 17.0. The number of para-hydroxylation sites is 1. The molecule has 176 valence electrons. The first-order valence-corrected chi connectivity index (χ1v) is 12.8. The number of sulfonamides is 1. The van der Waals surface area contributed by atoms with Crippen LogP contribution in [0.3, 0.4) is 0 Å². The highest BCUT2D eigenvalue weighted by Crippen LogP contribution is 2.25. The number of hydrogen-bond acceptors (Lipinski definition) is 5. The lowest BCUT2D eigenvalue weighted by Crippen LogP contribution is -2.27. The van der Waals surface area contributed by atoms with Crippen molar-refractivity contribution >= 4 is 21.9 Å². The molecule has 4 aromatic rings. The van der Waals surface area contributed by atoms with E-state index in [-0.39, 0.29) is 10.7 Å². The minimum absolute atomic E-state index is 0.211. The lowest BCUT2D eigenvalue weighted by atomic mass is 10.1. The molecule has 35 heavy (non-hydrogen) atoms. The molecule has 2 aromatic carbocycles. The van der Waals surface area contributed by atoms with Crippen LogP contribution >= 0.6 is 0 Å². The topological polar surface area (TPSA) is 85.2 Å². The maximum atomic E-state index is 12.9. The molecule has 1 saturated heterocycles. The number of carbonyl (C=O) groups is 1. The summed E-state index contributed by atoms with van der Waals surface area (Å²) < 4.78 is 28.7. The third-order valence-corrected chi connectivity index (χ3v) is 7.87. The fraction of sp³-hybridized carbons (Fsp3) is 0.148. The van der Waals surface area contributed by atoms with Crippen LogP contribution < -0.4 is 0 Å². The molecule has 0 bridgehead atoms. The molecule has 1 aliphatic rings. The standard InChI is InChI=1S/C27H24N4O3S/c32-26(21-10-13-25(14-11-21)35(33,34)30-17-4-5-18-30)15-12-23-20-31(24-8-2-1-3-9-24)29-27(23)22-7-6-16-28-19-22/h1-3,6-16,19-20H,4-5,17-18H2/b15-12+. The molecule has 0 radical (unpaired) electrons. The number of carbonyl (C=O) groups excluding carboxylic acids is 1. The molecule has 0 atom stereocenters. The van der Waals surface area contributed by atoms with Crippen molar-refractivity contribution in [2.24, 2.45) is 0 Å². The summed E-state index contributed by atoms with van der Waals surface area (Å²) >= 11 is 0. The maximum Gasteiger partial charge on any atom is 0.243 e. The summed E-state index contributed by atoms with van der Waals surface area (Å²) in [6, 6.07) is 19.6. The van der Waals surface area contributed by atoms with Crippen LogP contribution in [0.1, 0.15) is 28.8 Å². The van der Waals surface area contributed by atoms with Crippen molar-refractivity contribution in [2.45, 2.75) is 17.7 Å². The van der Waals surface area contributed by atoms with E-state index in [0.29, 0.717) is 24.3 Å². The number of hydrogen-bond donors (Lipinski definition) is 0. The van der Waals surface area contributed by atoms with E-state index in [1.54, 1.807) is 35.3 Å². The third kappa shape index (κ3) is 4.84. The van der Waals surface area contributed by atoms with Crippen molar-refractivity contribution in [2.75, 3.05) is 13.1 Å². The molecule has 8 heteroatoms. The van der Waals surface area contributed by atoms with E-state index in [1.807, 2.05) is 48.7 Å². The number of ketones is 1. The van der Waals surface area contributed by atoms with Gasteiger partial charge in [-0.05, 0) is 73.5 Å². The van der Waals surface area contributed by atoms with E-state index >= 15 is 0 Å². The zero-order valence-electron chi connectivity index (χ0n) is 19.0. The van der Waals surface area contributed by atoms with Crippen molar-refractivity contribution < 1.29 is 13.2 Å². The second-order valence-corrected chi connectivity index (χ2v) is 10.2. The number of benzene rings is 2. The number of nitrogens with zero attached hydrogens (tertiary/aromatic N) is 4. The average Bonchev–Trinajstić information content (AvgIpc) is 3.60. The Labute approximate surface area is 204 Å². The Bertz CT molecular complexity index is 1460. The smallest absolute Gasteiger partial charge is 0.243 e. The molecule has 0 spiro atoms. The largest absolute Gasteiger partial charge is 0.289 e. The first-order valence-electron chi connectivity index (χ1n) is 11.4. The molecule has 5 rings (SSSR count). The molecule has 1 aliphatic heterocycles. The first kappa shape index (κ1) is 22.9. The summed E-state index contributed by atoms with van der Waals surface area (Å²) in [6.07, 6.45) is 10.3. The highest BCUT2D eigenvalue weighted by molar-refractivity contribution is 7.89. The van der Waals surface area contributed by atoms with Crippen molar-refractivity contribution in [3.05, 3.63) is 103 Å². The highest BCUT2D eigenvalue weighted by atomic mass is 32.2. The predicted octanol–water partition coefficient (Wildman–Crippen LogP) is 4.61. The average molecular weight is 485 g/mol. The van der Waals surface area contributed by atoms with Gasteiger partial charge in [0.05, 0.1) is 10.6 Å². The lowest BCUT2D eigenvalue weighted by molar-refractivity contribution is 0.104. The van der Waals surface area contributed by atoms with Gasteiger partial charge in [-0.1, -0.05) is 18.2 Å². The van der Waals surface area contributed by atoms with Gasteiger partial charge in [0.25, 0.3) is 0 Å². The van der Waals surface area contributed by atoms with Crippen molar-refractivity contribution in [3.63, 3.8) is 0 Å². The number of allylic oxidation sites excluding steroid dienone is 1. The zero-order chi connectivity index (χ0) is 24.3. The Morgan fingerprint density at radius 3 is 2.34 bits per heavy atom. The summed E-state index contributed by atoms with van der Waals surface area (Å²) in [5, 5.41) is 4.72. The van der Waals surface area contributed by atoms with Crippen LogP contribution in [0, 0.1) is 0 Å². The number of aromatic nitrogens is 3. The van der Waals surface area contributed by atoms with Crippen LogP contribution in [0.25, 0.3) is 23.0 Å². The van der Waals surface area contributed by atoms with Crippen molar-refractivity contribution in [1.82, 2.24) is 19.1 Å². The van der Waals surface area contributed by atoms with Gasteiger partial charge in [-0.2, -0.15) is 9.40 Å². The fourth-order valence-electron chi connectivity index (χ4n) is 4.08. The molecular formula is C27H24N4O3S. The molecular weight excluding hydrogens is 460 g/mol. The lowest BCUT2D eigenvalue weighted by Gasteiger charge is -2.15. The highest BCUT2D eigenvalue weighted by Gasteiger charge is 2.27. The quantitative estimate of drug-likeness (QED) is 0.282. The fourth-order valence-corrected chi connectivity index (χ4v) is 5.60. The van der Waals surface area contributed by atoms with Gasteiger partial charge in [0, 0.05) is 48.4 Å². The van der Waals surface area contributed by atoms with Gasteiger partial charge < -0.3 is 0 Å². The molecule has 1 fully saturated rings. The van der Waals surface area contributed by atoms with E-state index in [9.17, 15) is 13.2 Å². The molecule has 3 heterocycles. The van der Waals surface area contributed by atoms with Gasteiger partial charge in [-0.15, -0.1) is 0 Å². The van der Waals surface area contributed by atoms with Gasteiger partial charge >= 0.3 is 0 Å². The molecule has 0 amide bonds. The monoisotopic (exact) mass is 484 g/mol. The van der Waals surface area contributed by atoms with Crippen LogP contribution in [0.2, 0.25) is 0 Å². The summed E-state index contributed by atoms with van der Waals surface area (Å²) in [5.41, 5.74) is 3.63. The van der Waals surface area contributed by atoms with Crippen LogP contribution in [0.5, 0.6) is 0 Å². The Kier molecular flexibility index (Phi) is 6.39. The minimum Gasteiger partial charge on any atom is -0.289 e.